The number of carboxylic acid groups (broad SMARTS) is 3. The lowest BCUT2D eigenvalue weighted by Crippen LogP contribution is -2.43. The van der Waals surface area contributed by atoms with Crippen LogP contribution in [0.1, 0.15) is 19.3 Å². The first-order chi connectivity index (χ1) is 12.5. The number of cyclic esters (lactones) is 2. The van der Waals surface area contributed by atoms with E-state index in [0.717, 1.165) is 0 Å². The first-order valence-corrected chi connectivity index (χ1v) is 8.58. The molecule has 0 bridgehead atoms. The zero-order valence-corrected chi connectivity index (χ0v) is 17.0. The lowest BCUT2D eigenvalue weighted by atomic mass is 10.2. The average Bonchev–Trinajstić information content (AvgIpc) is 2.72. The first-order valence-electron chi connectivity index (χ1n) is 7.70. The van der Waals surface area contributed by atoms with Gasteiger partial charge in [0.2, 0.25) is 0 Å². The molecule has 3 N–H and O–H groups in total. The number of hydrogen-bond acceptors (Lipinski definition) is 8. The fourth-order valence-electron chi connectivity index (χ4n) is 1.58. The zero-order valence-electron chi connectivity index (χ0n) is 15.5. The highest BCUT2D eigenvalue weighted by Gasteiger charge is 2.31. The largest absolute Gasteiger partial charge is 0.550 e. The van der Waals surface area contributed by atoms with E-state index in [2.05, 4.69) is 4.74 Å². The van der Waals surface area contributed by atoms with Crippen molar-refractivity contribution >= 4 is 53.0 Å². The van der Waals surface area contributed by atoms with E-state index in [1.165, 1.54) is 0 Å². The number of aliphatic carboxylic acids is 3. The number of halogens is 2. The minimum Gasteiger partial charge on any atom is -0.550 e. The lowest BCUT2D eigenvalue weighted by Gasteiger charge is -2.26. The van der Waals surface area contributed by atoms with E-state index in [0.29, 0.717) is 11.0 Å². The molecule has 1 heterocycles. The summed E-state index contributed by atoms with van der Waals surface area (Å²) >= 11 is 10.3. The second-order valence-electron chi connectivity index (χ2n) is 6.57. The molecule has 1 aliphatic heterocycles. The molecule has 3 atom stereocenters. The first kappa shape index (κ1) is 28.3. The van der Waals surface area contributed by atoms with Gasteiger partial charge < -0.3 is 34.4 Å². The molecule has 0 amide bonds. The topological polar surface area (TPSA) is 178 Å². The molecule has 1 fully saturated rings. The predicted molar refractivity (Wildman–Crippen MR) is 93.4 cm³/mol. The molecule has 0 spiro atoms. The van der Waals surface area contributed by atoms with Crippen LogP contribution in [0.4, 0.5) is 0 Å². The van der Waals surface area contributed by atoms with E-state index in [4.69, 9.17) is 38.5 Å². The van der Waals surface area contributed by atoms with E-state index < -0.39 is 53.1 Å². The van der Waals surface area contributed by atoms with Crippen molar-refractivity contribution in [1.82, 2.24) is 0 Å². The van der Waals surface area contributed by atoms with Gasteiger partial charge in [0.05, 0.1) is 34.0 Å². The van der Waals surface area contributed by atoms with Crippen LogP contribution in [0.2, 0.25) is 0 Å². The van der Waals surface area contributed by atoms with Gasteiger partial charge in [-0.05, 0) is 0 Å². The molecule has 0 aromatic carbocycles. The molecular weight excluding hydrogens is 425 g/mol. The monoisotopic (exact) mass is 447 g/mol. The van der Waals surface area contributed by atoms with Crippen molar-refractivity contribution in [2.45, 2.75) is 36.1 Å². The number of carboxylic acids is 3. The third-order valence-corrected chi connectivity index (χ3v) is 3.27. The Morgan fingerprint density at radius 1 is 1.21 bits per heavy atom. The van der Waals surface area contributed by atoms with Gasteiger partial charge in [-0.25, -0.2) is 4.79 Å². The summed E-state index contributed by atoms with van der Waals surface area (Å²) in [5.74, 6) is -4.88. The Balaban J connectivity index is 0. The number of alkyl halides is 2. The number of likely N-dealkylation sites (N-methyl/N-ethyl adjacent to an activating group) is 1. The summed E-state index contributed by atoms with van der Waals surface area (Å²) in [5, 5.41) is 33.1. The summed E-state index contributed by atoms with van der Waals surface area (Å²) in [7, 11) is 5.66. The second-order valence-corrected chi connectivity index (χ2v) is 7.62. The number of aliphatic hydroxyl groups excluding tert-OH is 1. The molecule has 0 aromatic heterocycles. The van der Waals surface area contributed by atoms with E-state index in [-0.39, 0.29) is 12.8 Å². The molecule has 0 aromatic rings. The van der Waals surface area contributed by atoms with Crippen molar-refractivity contribution in [3.05, 3.63) is 0 Å². The molecule has 1 saturated heterocycles. The normalized spacial score (nSPS) is 17.9. The van der Waals surface area contributed by atoms with Gasteiger partial charge in [-0.1, -0.05) is 0 Å². The number of ether oxygens (including phenoxy) is 1. The maximum Gasteiger partial charge on any atom is 0.332 e. The molecule has 28 heavy (non-hydrogen) atoms. The molecule has 0 unspecified atom stereocenters. The fraction of sp³-hybridized carbons (Fsp3) is 0.667. The predicted octanol–water partition coefficient (Wildman–Crippen LogP) is -1.59. The van der Waals surface area contributed by atoms with Gasteiger partial charge >= 0.3 is 23.9 Å². The lowest BCUT2D eigenvalue weighted by molar-refractivity contribution is -0.873. The third kappa shape index (κ3) is 17.5. The van der Waals surface area contributed by atoms with Gasteiger partial charge in [0.25, 0.3) is 0 Å². The Kier molecular flexibility index (Phi) is 13.4. The molecule has 11 nitrogen and oxygen atoms in total. The van der Waals surface area contributed by atoms with Gasteiger partial charge in [0.15, 0.2) is 0 Å². The molecular formula is C15H23Cl2NO10. The van der Waals surface area contributed by atoms with Crippen LogP contribution in [-0.2, 0) is 28.7 Å². The summed E-state index contributed by atoms with van der Waals surface area (Å²) in [4.78, 5) is 50.0. The summed E-state index contributed by atoms with van der Waals surface area (Å²) in [6.45, 7) is 0.425. The van der Waals surface area contributed by atoms with Crippen LogP contribution in [0.15, 0.2) is 0 Å². The Bertz CT molecular complexity index is 576. The van der Waals surface area contributed by atoms with Crippen molar-refractivity contribution in [2.24, 2.45) is 0 Å². The third-order valence-electron chi connectivity index (χ3n) is 2.60. The van der Waals surface area contributed by atoms with Crippen LogP contribution in [-0.4, -0.2) is 94.2 Å². The number of aliphatic hydroxyl groups is 1. The van der Waals surface area contributed by atoms with E-state index in [1.54, 1.807) is 0 Å². The van der Waals surface area contributed by atoms with Gasteiger partial charge in [0, 0.05) is 12.4 Å². The Morgan fingerprint density at radius 2 is 1.71 bits per heavy atom. The van der Waals surface area contributed by atoms with Crippen molar-refractivity contribution in [1.29, 1.82) is 0 Å². The van der Waals surface area contributed by atoms with E-state index >= 15 is 0 Å². The van der Waals surface area contributed by atoms with Crippen LogP contribution >= 0.6 is 23.2 Å². The van der Waals surface area contributed by atoms with Gasteiger partial charge in [0.1, 0.15) is 23.4 Å². The van der Waals surface area contributed by atoms with Crippen molar-refractivity contribution in [3.8, 4) is 0 Å². The quantitative estimate of drug-likeness (QED) is 0.178. The maximum atomic E-state index is 10.2. The van der Waals surface area contributed by atoms with Crippen LogP contribution < -0.4 is 5.11 Å². The molecule has 1 rings (SSSR count). The highest BCUT2D eigenvalue weighted by molar-refractivity contribution is 6.33. The number of esters is 2. The molecule has 1 aliphatic rings. The minimum absolute atomic E-state index is 0.0143. The highest BCUT2D eigenvalue weighted by Crippen LogP contribution is 2.13. The Hall–Kier alpha value is -1.95. The van der Waals surface area contributed by atoms with Crippen LogP contribution in [0.5, 0.6) is 0 Å². The molecule has 0 saturated carbocycles. The zero-order chi connectivity index (χ0) is 22.7. The summed E-state index contributed by atoms with van der Waals surface area (Å²) in [6, 6.07) is 0. The van der Waals surface area contributed by atoms with Gasteiger partial charge in [-0.3, -0.25) is 14.4 Å². The van der Waals surface area contributed by atoms with Crippen LogP contribution in [0, 0.1) is 0 Å². The number of rotatable bonds is 7. The fourth-order valence-corrected chi connectivity index (χ4v) is 1.88. The van der Waals surface area contributed by atoms with E-state index in [1.807, 2.05) is 21.1 Å². The van der Waals surface area contributed by atoms with Crippen LogP contribution in [0.25, 0.3) is 0 Å². The van der Waals surface area contributed by atoms with Gasteiger partial charge in [-0.15, -0.1) is 23.2 Å². The van der Waals surface area contributed by atoms with Crippen molar-refractivity contribution in [3.63, 3.8) is 0 Å². The summed E-state index contributed by atoms with van der Waals surface area (Å²) in [5.41, 5.74) is 0. The summed E-state index contributed by atoms with van der Waals surface area (Å²) in [6.07, 6.45) is -1.62. The standard InChI is InChI=1S/C7H15NO3.C4H5ClO4.C4H3ClO3/c1-8(2,3)5-6(9)4-7(10)11;5-2(4(8)9)1-3(6)7;5-2-1-3(6)8-4(2)7/h6,9H,4-5H2,1-3H3;2H,1H2,(H,6,7)(H,8,9);2H,1H2/t6-;2*2-/m100/s1. The van der Waals surface area contributed by atoms with Crippen LogP contribution in [0.3, 0.4) is 0 Å². The number of nitrogens with zero attached hydrogens (tertiary/aromatic N) is 1. The minimum atomic E-state index is -1.32. The SMILES string of the molecule is C[N+](C)(C)C[C@H](O)CC(=O)[O-].O=C(O)C[C@H](Cl)C(=O)O.O=C1C[C@H](Cl)C(=O)O1. The van der Waals surface area contributed by atoms with Crippen molar-refractivity contribution < 1.29 is 53.6 Å². The van der Waals surface area contributed by atoms with E-state index in [9.17, 15) is 29.1 Å². The molecule has 0 aliphatic carbocycles. The summed E-state index contributed by atoms with van der Waals surface area (Å²) < 4.78 is 4.61. The number of hydrogen-bond donors (Lipinski definition) is 3. The molecule has 13 heteroatoms. The van der Waals surface area contributed by atoms with Gasteiger partial charge in [-0.2, -0.15) is 0 Å². The highest BCUT2D eigenvalue weighted by atomic mass is 35.5. The number of carbonyl (C=O) groups excluding carboxylic acids is 3. The van der Waals surface area contributed by atoms with Crippen molar-refractivity contribution in [2.75, 3.05) is 27.7 Å². The second kappa shape index (κ2) is 13.3. The molecule has 162 valence electrons. The number of carbonyl (C=O) groups is 5. The average molecular weight is 448 g/mol. The Morgan fingerprint density at radius 3 is 1.89 bits per heavy atom. The smallest absolute Gasteiger partial charge is 0.332 e. The maximum absolute atomic E-state index is 10.2. The molecule has 0 radical (unpaired) electrons. The number of quaternary nitrogens is 1. The Labute approximate surface area is 171 Å².